The van der Waals surface area contributed by atoms with Crippen LogP contribution in [0, 0.1) is 23.2 Å². The smallest absolute Gasteiger partial charge is 0.332 e. The lowest BCUT2D eigenvalue weighted by atomic mass is 9.62. The van der Waals surface area contributed by atoms with Crippen LogP contribution in [0.5, 0.6) is 0 Å². The van der Waals surface area contributed by atoms with Crippen LogP contribution >= 0.6 is 0 Å². The maximum Gasteiger partial charge on any atom is 0.332 e. The van der Waals surface area contributed by atoms with Crippen molar-refractivity contribution in [3.8, 4) is 11.8 Å². The number of allylic oxidation sites excluding steroid dienone is 4. The highest BCUT2D eigenvalue weighted by atomic mass is 16.6. The van der Waals surface area contributed by atoms with Gasteiger partial charge in [-0.3, -0.25) is 0 Å². The van der Waals surface area contributed by atoms with Gasteiger partial charge in [-0.25, -0.2) is 4.79 Å². The number of esters is 1. The lowest BCUT2D eigenvalue weighted by Gasteiger charge is -2.44. The fraction of sp³-hybridized carbons (Fsp3) is 0.545. The highest BCUT2D eigenvalue weighted by molar-refractivity contribution is 5.71. The quantitative estimate of drug-likeness (QED) is 0.123. The van der Waals surface area contributed by atoms with Gasteiger partial charge in [-0.1, -0.05) is 78.8 Å². The molecule has 4 nitrogen and oxygen atoms in total. The third-order valence-corrected chi connectivity index (χ3v) is 7.29. The molecule has 37 heavy (non-hydrogen) atoms. The monoisotopic (exact) mass is 504 g/mol. The van der Waals surface area contributed by atoms with E-state index in [1.807, 2.05) is 63.3 Å². The Labute approximate surface area is 223 Å². The summed E-state index contributed by atoms with van der Waals surface area (Å²) in [5.74, 6) is 6.57. The molecule has 1 aromatic rings. The summed E-state index contributed by atoms with van der Waals surface area (Å²) in [7, 11) is 0. The molecule has 1 N–H and O–H groups in total. The van der Waals surface area contributed by atoms with E-state index in [0.29, 0.717) is 12.5 Å². The molecule has 2 aliphatic rings. The minimum absolute atomic E-state index is 0.0260. The van der Waals surface area contributed by atoms with Crippen molar-refractivity contribution in [3.05, 3.63) is 71.8 Å². The van der Waals surface area contributed by atoms with Gasteiger partial charge in [0.25, 0.3) is 0 Å². The molecule has 1 aromatic carbocycles. The summed E-state index contributed by atoms with van der Waals surface area (Å²) in [6, 6.07) is 10.1. The first kappa shape index (κ1) is 29.0. The Morgan fingerprint density at radius 3 is 2.65 bits per heavy atom. The zero-order chi connectivity index (χ0) is 26.6. The van der Waals surface area contributed by atoms with Gasteiger partial charge >= 0.3 is 5.97 Å². The van der Waals surface area contributed by atoms with Gasteiger partial charge in [0.15, 0.2) is 0 Å². The van der Waals surface area contributed by atoms with Gasteiger partial charge in [0.2, 0.25) is 0 Å². The Bertz CT molecular complexity index is 996. The Hall–Kier alpha value is -2.61. The van der Waals surface area contributed by atoms with E-state index in [2.05, 4.69) is 30.1 Å². The summed E-state index contributed by atoms with van der Waals surface area (Å²) < 4.78 is 10.8. The average Bonchev–Trinajstić information content (AvgIpc) is 2.83. The Kier molecular flexibility index (Phi) is 11.2. The maximum atomic E-state index is 11.8. The number of carbonyl (C=O) groups excluding carboxylic acids is 1. The SMILES string of the molecule is CC(C)(C)OC(=O)COC/C=C1\CCCCC1/C=C/C=C/C(O)C1(CCC#Cc2ccccc2)CCC1. The van der Waals surface area contributed by atoms with Gasteiger partial charge in [-0.2, -0.15) is 0 Å². The summed E-state index contributed by atoms with van der Waals surface area (Å²) in [5.41, 5.74) is 1.89. The lowest BCUT2D eigenvalue weighted by molar-refractivity contribution is -0.159. The number of aliphatic hydroxyl groups excluding tert-OH is 1. The van der Waals surface area contributed by atoms with Crippen molar-refractivity contribution in [3.63, 3.8) is 0 Å². The van der Waals surface area contributed by atoms with E-state index < -0.39 is 11.7 Å². The van der Waals surface area contributed by atoms with E-state index in [0.717, 1.165) is 44.1 Å². The van der Waals surface area contributed by atoms with Gasteiger partial charge < -0.3 is 14.6 Å². The molecule has 0 spiro atoms. The van der Waals surface area contributed by atoms with E-state index in [1.165, 1.54) is 24.8 Å². The largest absolute Gasteiger partial charge is 0.458 e. The molecule has 0 aliphatic heterocycles. The van der Waals surface area contributed by atoms with Gasteiger partial charge in [-0.05, 0) is 77.3 Å². The first-order chi connectivity index (χ1) is 17.8. The summed E-state index contributed by atoms with van der Waals surface area (Å²) in [4.78, 5) is 11.8. The van der Waals surface area contributed by atoms with Crippen molar-refractivity contribution < 1.29 is 19.4 Å². The highest BCUT2D eigenvalue weighted by Gasteiger charge is 2.41. The molecule has 2 aliphatic carbocycles. The molecule has 2 atom stereocenters. The zero-order valence-corrected chi connectivity index (χ0v) is 22.9. The standard InChI is InChI=1S/C33H44O4/c1-32(2,3)37-31(35)26-36-25-21-29-19-8-7-17-28(29)18-9-10-20-30(34)33(23-13-24-33)22-12-11-16-27-14-5-4-6-15-27/h4-6,9-10,14-15,18,20-21,28,30,34H,7-8,12-13,17,19,22-26H2,1-3H3/b18-9+,20-10+,29-21+. The van der Waals surface area contributed by atoms with Crippen LogP contribution in [0.25, 0.3) is 0 Å². The molecular formula is C33H44O4. The highest BCUT2D eigenvalue weighted by Crippen LogP contribution is 2.48. The summed E-state index contributed by atoms with van der Waals surface area (Å²) in [6.45, 7) is 5.96. The number of ether oxygens (including phenoxy) is 2. The molecule has 0 aromatic heterocycles. The molecular weight excluding hydrogens is 460 g/mol. The van der Waals surface area contributed by atoms with Gasteiger partial charge in [0, 0.05) is 17.4 Å². The van der Waals surface area contributed by atoms with E-state index in [4.69, 9.17) is 9.47 Å². The van der Waals surface area contributed by atoms with Gasteiger partial charge in [0.1, 0.15) is 12.2 Å². The minimum Gasteiger partial charge on any atom is -0.458 e. The number of aliphatic hydroxyl groups is 1. The van der Waals surface area contributed by atoms with Crippen molar-refractivity contribution in [2.45, 2.75) is 90.3 Å². The molecule has 0 amide bonds. The predicted octanol–water partition coefficient (Wildman–Crippen LogP) is 6.94. The summed E-state index contributed by atoms with van der Waals surface area (Å²) in [6.07, 6.45) is 19.6. The molecule has 0 bridgehead atoms. The topological polar surface area (TPSA) is 55.8 Å². The van der Waals surface area contributed by atoms with Crippen LogP contribution in [0.2, 0.25) is 0 Å². The molecule has 2 fully saturated rings. The second-order valence-corrected chi connectivity index (χ2v) is 11.3. The molecule has 200 valence electrons. The van der Waals surface area contributed by atoms with Crippen molar-refractivity contribution in [1.82, 2.24) is 0 Å². The van der Waals surface area contributed by atoms with Gasteiger partial charge in [0.05, 0.1) is 12.7 Å². The van der Waals surface area contributed by atoms with Crippen molar-refractivity contribution in [2.24, 2.45) is 11.3 Å². The van der Waals surface area contributed by atoms with Crippen molar-refractivity contribution in [1.29, 1.82) is 0 Å². The first-order valence-electron chi connectivity index (χ1n) is 13.8. The molecule has 3 rings (SSSR count). The molecule has 2 saturated carbocycles. The number of hydrogen-bond acceptors (Lipinski definition) is 4. The Morgan fingerprint density at radius 2 is 1.95 bits per heavy atom. The molecule has 2 unspecified atom stereocenters. The Morgan fingerprint density at radius 1 is 1.16 bits per heavy atom. The maximum absolute atomic E-state index is 11.8. The van der Waals surface area contributed by atoms with Crippen LogP contribution in [0.1, 0.15) is 84.1 Å². The number of carbonyl (C=O) groups is 1. The molecule has 0 saturated heterocycles. The van der Waals surface area contributed by atoms with Crippen LogP contribution in [-0.4, -0.2) is 36.0 Å². The third-order valence-electron chi connectivity index (χ3n) is 7.29. The van der Waals surface area contributed by atoms with Crippen LogP contribution < -0.4 is 0 Å². The summed E-state index contributed by atoms with van der Waals surface area (Å²) >= 11 is 0. The second-order valence-electron chi connectivity index (χ2n) is 11.3. The van der Waals surface area contributed by atoms with Crippen LogP contribution in [0.4, 0.5) is 0 Å². The average molecular weight is 505 g/mol. The molecule has 0 heterocycles. The van der Waals surface area contributed by atoms with Crippen LogP contribution in [-0.2, 0) is 14.3 Å². The van der Waals surface area contributed by atoms with E-state index in [-0.39, 0.29) is 18.0 Å². The van der Waals surface area contributed by atoms with Crippen LogP contribution in [0.3, 0.4) is 0 Å². The number of hydrogen-bond donors (Lipinski definition) is 1. The fourth-order valence-corrected chi connectivity index (χ4v) is 5.11. The molecule has 0 radical (unpaired) electrons. The first-order valence-corrected chi connectivity index (χ1v) is 13.8. The summed E-state index contributed by atoms with van der Waals surface area (Å²) in [5, 5.41) is 10.9. The van der Waals surface area contributed by atoms with Crippen molar-refractivity contribution >= 4 is 5.97 Å². The molecule has 4 heteroatoms. The lowest BCUT2D eigenvalue weighted by Crippen LogP contribution is -2.40. The fourth-order valence-electron chi connectivity index (χ4n) is 5.11. The normalized spacial score (nSPS) is 21.4. The van der Waals surface area contributed by atoms with E-state index >= 15 is 0 Å². The van der Waals surface area contributed by atoms with Crippen LogP contribution in [0.15, 0.2) is 66.3 Å². The minimum atomic E-state index is -0.492. The Balaban J connectivity index is 1.46. The second kappa shape index (κ2) is 14.4. The van der Waals surface area contributed by atoms with E-state index in [1.54, 1.807) is 0 Å². The van der Waals surface area contributed by atoms with E-state index in [9.17, 15) is 9.90 Å². The number of benzene rings is 1. The number of rotatable bonds is 10. The third kappa shape index (κ3) is 9.99. The van der Waals surface area contributed by atoms with Gasteiger partial charge in [-0.15, -0.1) is 0 Å². The van der Waals surface area contributed by atoms with Crippen molar-refractivity contribution in [2.75, 3.05) is 13.2 Å². The zero-order valence-electron chi connectivity index (χ0n) is 22.9. The predicted molar refractivity (Wildman–Crippen MR) is 150 cm³/mol.